The van der Waals surface area contributed by atoms with Crippen molar-refractivity contribution < 1.29 is 9.47 Å². The van der Waals surface area contributed by atoms with Crippen LogP contribution in [0.15, 0.2) is 30.3 Å². The lowest BCUT2D eigenvalue weighted by Gasteiger charge is -2.19. The number of ether oxygens (including phenoxy) is 2. The van der Waals surface area contributed by atoms with E-state index >= 15 is 0 Å². The van der Waals surface area contributed by atoms with Crippen LogP contribution in [-0.2, 0) is 15.2 Å². The van der Waals surface area contributed by atoms with Gasteiger partial charge in [0.2, 0.25) is 4.38 Å². The molecule has 0 aliphatic heterocycles. The predicted octanol–water partition coefficient (Wildman–Crippen LogP) is 4.04. The van der Waals surface area contributed by atoms with Gasteiger partial charge < -0.3 is 9.47 Å². The van der Waals surface area contributed by atoms with Crippen LogP contribution >= 0.6 is 24.0 Å². The molecule has 0 saturated heterocycles. The van der Waals surface area contributed by atoms with E-state index in [4.69, 9.17) is 21.7 Å². The van der Waals surface area contributed by atoms with Gasteiger partial charge in [-0.05, 0) is 38.6 Å². The Bertz CT molecular complexity index is 358. The molecule has 0 bridgehead atoms. The van der Waals surface area contributed by atoms with E-state index in [0.717, 1.165) is 5.75 Å². The molecule has 1 rings (SSSR count). The molecule has 2 nitrogen and oxygen atoms in total. The van der Waals surface area contributed by atoms with E-state index in [0.29, 0.717) is 17.6 Å². The largest absolute Gasteiger partial charge is 0.476 e. The summed E-state index contributed by atoms with van der Waals surface area (Å²) in [6.07, 6.45) is 0. The van der Waals surface area contributed by atoms with E-state index in [1.807, 2.05) is 39.0 Å². The summed E-state index contributed by atoms with van der Waals surface area (Å²) in [6.45, 7) is 7.15. The van der Waals surface area contributed by atoms with Gasteiger partial charge >= 0.3 is 0 Å². The Kier molecular flexibility index (Phi) is 6.68. The van der Waals surface area contributed by atoms with Gasteiger partial charge in [-0.15, -0.1) is 0 Å². The number of benzene rings is 1. The van der Waals surface area contributed by atoms with Crippen LogP contribution in [0.5, 0.6) is 0 Å². The van der Waals surface area contributed by atoms with E-state index in [9.17, 15) is 0 Å². The fraction of sp³-hybridized carbons (Fsp3) is 0.500. The highest BCUT2D eigenvalue weighted by Gasteiger charge is 2.09. The summed E-state index contributed by atoms with van der Waals surface area (Å²) in [5.41, 5.74) is 1.13. The molecule has 0 amide bonds. The smallest absolute Gasteiger partial charge is 0.220 e. The summed E-state index contributed by atoms with van der Waals surface area (Å²) in [6, 6.07) is 10.2. The summed E-state index contributed by atoms with van der Waals surface area (Å²) in [5.74, 6) is 0.847. The minimum Gasteiger partial charge on any atom is -0.476 e. The zero-order valence-corrected chi connectivity index (χ0v) is 12.8. The van der Waals surface area contributed by atoms with E-state index in [2.05, 4.69) is 12.1 Å². The first kappa shape index (κ1) is 15.5. The Balaban J connectivity index is 2.11. The molecule has 0 atom stereocenters. The highest BCUT2D eigenvalue weighted by molar-refractivity contribution is 8.22. The normalized spacial score (nSPS) is 11.3. The van der Waals surface area contributed by atoms with Gasteiger partial charge in [0.25, 0.3) is 0 Å². The first-order valence-corrected chi connectivity index (χ1v) is 7.34. The molecule has 0 aliphatic rings. The van der Waals surface area contributed by atoms with Crippen LogP contribution in [0, 0.1) is 0 Å². The topological polar surface area (TPSA) is 18.5 Å². The Labute approximate surface area is 119 Å². The van der Waals surface area contributed by atoms with Crippen LogP contribution in [0.2, 0.25) is 0 Å². The predicted molar refractivity (Wildman–Crippen MR) is 82.0 cm³/mol. The zero-order valence-electron chi connectivity index (χ0n) is 11.1. The summed E-state index contributed by atoms with van der Waals surface area (Å²) < 4.78 is 11.6. The Morgan fingerprint density at radius 3 is 2.44 bits per heavy atom. The van der Waals surface area contributed by atoms with Gasteiger partial charge in [0.05, 0.1) is 12.2 Å². The van der Waals surface area contributed by atoms with Crippen molar-refractivity contribution >= 4 is 28.4 Å². The molecule has 0 radical (unpaired) electrons. The zero-order chi connectivity index (χ0) is 13.4. The van der Waals surface area contributed by atoms with Crippen LogP contribution in [0.1, 0.15) is 26.3 Å². The quantitative estimate of drug-likeness (QED) is 0.600. The number of rotatable bonds is 5. The highest BCUT2D eigenvalue weighted by Crippen LogP contribution is 2.14. The molecule has 0 saturated carbocycles. The maximum Gasteiger partial charge on any atom is 0.220 e. The fourth-order valence-electron chi connectivity index (χ4n) is 1.23. The number of thioether (sulfide) groups is 1. The molecule has 0 fully saturated rings. The summed E-state index contributed by atoms with van der Waals surface area (Å²) in [5, 5.41) is 0. The third kappa shape index (κ3) is 7.69. The van der Waals surface area contributed by atoms with Gasteiger partial charge in [0.1, 0.15) is 6.61 Å². The van der Waals surface area contributed by atoms with Crippen molar-refractivity contribution in [1.82, 2.24) is 0 Å². The van der Waals surface area contributed by atoms with E-state index in [-0.39, 0.29) is 5.60 Å². The summed E-state index contributed by atoms with van der Waals surface area (Å²) >= 11 is 6.69. The Morgan fingerprint density at radius 2 is 1.83 bits per heavy atom. The Hall–Kier alpha value is -0.580. The van der Waals surface area contributed by atoms with Crippen molar-refractivity contribution in [2.24, 2.45) is 0 Å². The molecule has 0 spiro atoms. The molecule has 0 unspecified atom stereocenters. The van der Waals surface area contributed by atoms with Crippen LogP contribution in [0.4, 0.5) is 0 Å². The first-order valence-electron chi connectivity index (χ1n) is 5.95. The van der Waals surface area contributed by atoms with Gasteiger partial charge in [0, 0.05) is 5.75 Å². The molecular weight excluding hydrogens is 264 g/mol. The lowest BCUT2D eigenvalue weighted by atomic mass is 10.2. The molecule has 1 aromatic carbocycles. The maximum atomic E-state index is 5.55. The van der Waals surface area contributed by atoms with Gasteiger partial charge in [-0.1, -0.05) is 42.1 Å². The molecule has 0 N–H and O–H groups in total. The minimum atomic E-state index is -0.123. The third-order valence-corrected chi connectivity index (χ3v) is 3.34. The lowest BCUT2D eigenvalue weighted by Crippen LogP contribution is -2.22. The van der Waals surface area contributed by atoms with Crippen LogP contribution in [0.3, 0.4) is 0 Å². The van der Waals surface area contributed by atoms with E-state index in [1.165, 1.54) is 5.56 Å². The fourth-order valence-corrected chi connectivity index (χ4v) is 2.13. The molecule has 100 valence electrons. The van der Waals surface area contributed by atoms with Crippen molar-refractivity contribution in [2.45, 2.75) is 32.1 Å². The van der Waals surface area contributed by atoms with Gasteiger partial charge in [-0.2, -0.15) is 0 Å². The average molecular weight is 284 g/mol. The standard InChI is InChI=1S/C14H20O2S2/c1-14(2,3)16-10-9-15-13(17)18-11-12-7-5-4-6-8-12/h4-8H,9-11H2,1-3H3. The highest BCUT2D eigenvalue weighted by atomic mass is 32.2. The second-order valence-electron chi connectivity index (χ2n) is 4.83. The molecule has 0 aromatic heterocycles. The Morgan fingerprint density at radius 1 is 1.17 bits per heavy atom. The SMILES string of the molecule is CC(C)(C)OCCOC(=S)SCc1ccccc1. The molecule has 0 aliphatic carbocycles. The van der Waals surface area contributed by atoms with Gasteiger partial charge in [0.15, 0.2) is 0 Å². The molecule has 1 aromatic rings. The molecule has 18 heavy (non-hydrogen) atoms. The van der Waals surface area contributed by atoms with Crippen LogP contribution in [-0.4, -0.2) is 23.2 Å². The van der Waals surface area contributed by atoms with Crippen molar-refractivity contribution in [1.29, 1.82) is 0 Å². The monoisotopic (exact) mass is 284 g/mol. The first-order chi connectivity index (χ1) is 8.47. The summed E-state index contributed by atoms with van der Waals surface area (Å²) in [4.78, 5) is 0. The average Bonchev–Trinajstić information content (AvgIpc) is 2.32. The van der Waals surface area contributed by atoms with Gasteiger partial charge in [-0.3, -0.25) is 0 Å². The van der Waals surface area contributed by atoms with Crippen molar-refractivity contribution in [2.75, 3.05) is 13.2 Å². The van der Waals surface area contributed by atoms with Gasteiger partial charge in [-0.25, -0.2) is 0 Å². The lowest BCUT2D eigenvalue weighted by molar-refractivity contribution is -0.0169. The van der Waals surface area contributed by atoms with Crippen molar-refractivity contribution in [3.05, 3.63) is 35.9 Å². The second kappa shape index (κ2) is 7.77. The minimum absolute atomic E-state index is 0.123. The third-order valence-electron chi connectivity index (χ3n) is 2.04. The van der Waals surface area contributed by atoms with Crippen molar-refractivity contribution in [3.8, 4) is 0 Å². The molecule has 4 heteroatoms. The maximum absolute atomic E-state index is 5.55. The van der Waals surface area contributed by atoms with Crippen LogP contribution in [0.25, 0.3) is 0 Å². The number of thiocarbonyl (C=S) groups is 1. The van der Waals surface area contributed by atoms with Crippen molar-refractivity contribution in [3.63, 3.8) is 0 Å². The molecular formula is C14H20O2S2. The van der Waals surface area contributed by atoms with Crippen LogP contribution < -0.4 is 0 Å². The van der Waals surface area contributed by atoms with E-state index in [1.54, 1.807) is 11.8 Å². The number of hydrogen-bond donors (Lipinski definition) is 0. The molecule has 0 heterocycles. The summed E-state index contributed by atoms with van der Waals surface area (Å²) in [7, 11) is 0. The van der Waals surface area contributed by atoms with E-state index < -0.39 is 0 Å². The second-order valence-corrected chi connectivity index (χ2v) is 6.41. The number of hydrogen-bond acceptors (Lipinski definition) is 4.